The molecule has 1 heterocycles. The van der Waals surface area contributed by atoms with Crippen molar-refractivity contribution in [2.45, 2.75) is 38.3 Å². The Bertz CT molecular complexity index is 318. The fourth-order valence-electron chi connectivity index (χ4n) is 2.21. The standard InChI is InChI=1S/C12H21N3O3/c1-2-18-11(16)10-8-13-6-7-15(10)12(17)14-9-4-3-5-9/h9-10,13H,2-8H2,1H3,(H,14,17). The van der Waals surface area contributed by atoms with Crippen LogP contribution >= 0.6 is 0 Å². The lowest BCUT2D eigenvalue weighted by atomic mass is 9.93. The first-order valence-electron chi connectivity index (χ1n) is 6.67. The number of nitrogens with zero attached hydrogens (tertiary/aromatic N) is 1. The maximum atomic E-state index is 12.1. The molecule has 2 N–H and O–H groups in total. The van der Waals surface area contributed by atoms with Crippen LogP contribution in [0.2, 0.25) is 0 Å². The summed E-state index contributed by atoms with van der Waals surface area (Å²) in [6.07, 6.45) is 3.26. The molecule has 6 nitrogen and oxygen atoms in total. The van der Waals surface area contributed by atoms with Crippen molar-refractivity contribution < 1.29 is 14.3 Å². The number of ether oxygens (including phenoxy) is 1. The highest BCUT2D eigenvalue weighted by atomic mass is 16.5. The number of hydrogen-bond acceptors (Lipinski definition) is 4. The molecule has 2 rings (SSSR count). The molecule has 18 heavy (non-hydrogen) atoms. The smallest absolute Gasteiger partial charge is 0.330 e. The minimum atomic E-state index is -0.501. The summed E-state index contributed by atoms with van der Waals surface area (Å²) in [6.45, 7) is 3.84. The number of esters is 1. The van der Waals surface area contributed by atoms with Gasteiger partial charge in [-0.1, -0.05) is 0 Å². The van der Waals surface area contributed by atoms with Crippen LogP contribution < -0.4 is 10.6 Å². The van der Waals surface area contributed by atoms with Crippen LogP contribution in [0, 0.1) is 0 Å². The molecule has 1 aliphatic carbocycles. The topological polar surface area (TPSA) is 70.7 Å². The van der Waals surface area contributed by atoms with Gasteiger partial charge in [0.2, 0.25) is 0 Å². The molecule has 2 fully saturated rings. The zero-order chi connectivity index (χ0) is 13.0. The molecule has 0 aromatic heterocycles. The fourth-order valence-corrected chi connectivity index (χ4v) is 2.21. The van der Waals surface area contributed by atoms with Gasteiger partial charge in [-0.05, 0) is 26.2 Å². The van der Waals surface area contributed by atoms with Crippen molar-refractivity contribution in [3.05, 3.63) is 0 Å². The van der Waals surface area contributed by atoms with E-state index in [1.54, 1.807) is 11.8 Å². The number of rotatable bonds is 3. The molecule has 1 unspecified atom stereocenters. The van der Waals surface area contributed by atoms with Crippen molar-refractivity contribution in [2.24, 2.45) is 0 Å². The van der Waals surface area contributed by atoms with E-state index in [4.69, 9.17) is 4.74 Å². The number of carbonyl (C=O) groups is 2. The fraction of sp³-hybridized carbons (Fsp3) is 0.833. The van der Waals surface area contributed by atoms with E-state index >= 15 is 0 Å². The zero-order valence-electron chi connectivity index (χ0n) is 10.8. The van der Waals surface area contributed by atoms with Gasteiger partial charge < -0.3 is 20.3 Å². The van der Waals surface area contributed by atoms with Gasteiger partial charge in [-0.2, -0.15) is 0 Å². The highest BCUT2D eigenvalue weighted by Crippen LogP contribution is 2.18. The van der Waals surface area contributed by atoms with Crippen molar-refractivity contribution in [1.29, 1.82) is 0 Å². The summed E-state index contributed by atoms with van der Waals surface area (Å²) in [5.41, 5.74) is 0. The van der Waals surface area contributed by atoms with Gasteiger partial charge in [0.15, 0.2) is 0 Å². The Morgan fingerprint density at radius 1 is 1.44 bits per heavy atom. The molecular formula is C12H21N3O3. The highest BCUT2D eigenvalue weighted by Gasteiger charge is 2.34. The van der Waals surface area contributed by atoms with Crippen LogP contribution in [0.4, 0.5) is 4.79 Å². The van der Waals surface area contributed by atoms with E-state index in [1.807, 2.05) is 0 Å². The van der Waals surface area contributed by atoms with Gasteiger partial charge in [-0.3, -0.25) is 0 Å². The molecule has 1 saturated heterocycles. The third-order valence-corrected chi connectivity index (χ3v) is 3.50. The molecule has 2 amide bonds. The monoisotopic (exact) mass is 255 g/mol. The van der Waals surface area contributed by atoms with Crippen LogP contribution in [-0.4, -0.2) is 55.2 Å². The Morgan fingerprint density at radius 3 is 2.83 bits per heavy atom. The molecule has 0 radical (unpaired) electrons. The first kappa shape index (κ1) is 13.1. The molecule has 0 aromatic rings. The van der Waals surface area contributed by atoms with Crippen molar-refractivity contribution in [3.63, 3.8) is 0 Å². The SMILES string of the molecule is CCOC(=O)C1CNCCN1C(=O)NC1CCC1. The van der Waals surface area contributed by atoms with Gasteiger partial charge >= 0.3 is 12.0 Å². The molecule has 1 saturated carbocycles. The van der Waals surface area contributed by atoms with Crippen LogP contribution in [0.5, 0.6) is 0 Å². The van der Waals surface area contributed by atoms with E-state index in [2.05, 4.69) is 10.6 Å². The van der Waals surface area contributed by atoms with E-state index in [0.29, 0.717) is 26.2 Å². The first-order valence-corrected chi connectivity index (χ1v) is 6.67. The molecule has 1 atom stereocenters. The number of hydrogen-bond donors (Lipinski definition) is 2. The van der Waals surface area contributed by atoms with Crippen molar-refractivity contribution in [2.75, 3.05) is 26.2 Å². The Hall–Kier alpha value is -1.30. The maximum Gasteiger partial charge on any atom is 0.330 e. The van der Waals surface area contributed by atoms with Gasteiger partial charge in [-0.25, -0.2) is 9.59 Å². The van der Waals surface area contributed by atoms with Crippen LogP contribution in [-0.2, 0) is 9.53 Å². The van der Waals surface area contributed by atoms with Crippen LogP contribution in [0.15, 0.2) is 0 Å². The number of amides is 2. The largest absolute Gasteiger partial charge is 0.464 e. The lowest BCUT2D eigenvalue weighted by Crippen LogP contribution is -2.61. The number of urea groups is 1. The van der Waals surface area contributed by atoms with Crippen molar-refractivity contribution in [1.82, 2.24) is 15.5 Å². The minimum Gasteiger partial charge on any atom is -0.464 e. The Kier molecular flexibility index (Phi) is 4.41. The number of carbonyl (C=O) groups excluding carboxylic acids is 2. The quantitative estimate of drug-likeness (QED) is 0.701. The van der Waals surface area contributed by atoms with E-state index in [0.717, 1.165) is 12.8 Å². The van der Waals surface area contributed by atoms with Gasteiger partial charge in [0.25, 0.3) is 0 Å². The minimum absolute atomic E-state index is 0.140. The third-order valence-electron chi connectivity index (χ3n) is 3.50. The average Bonchev–Trinajstić information content (AvgIpc) is 2.34. The summed E-state index contributed by atoms with van der Waals surface area (Å²) >= 11 is 0. The Labute approximate surface area is 107 Å². The molecule has 2 aliphatic rings. The average molecular weight is 255 g/mol. The Balaban J connectivity index is 1.93. The van der Waals surface area contributed by atoms with E-state index in [1.165, 1.54) is 6.42 Å². The normalized spacial score (nSPS) is 24.3. The van der Waals surface area contributed by atoms with Crippen molar-refractivity contribution in [3.8, 4) is 0 Å². The maximum absolute atomic E-state index is 12.1. The summed E-state index contributed by atoms with van der Waals surface area (Å²) in [4.78, 5) is 25.5. The second-order valence-electron chi connectivity index (χ2n) is 4.74. The molecule has 1 aliphatic heterocycles. The van der Waals surface area contributed by atoms with E-state index < -0.39 is 6.04 Å². The number of nitrogens with one attached hydrogen (secondary N) is 2. The highest BCUT2D eigenvalue weighted by molar-refractivity contribution is 5.84. The van der Waals surface area contributed by atoms with Crippen LogP contribution in [0.3, 0.4) is 0 Å². The third kappa shape index (κ3) is 2.93. The summed E-state index contributed by atoms with van der Waals surface area (Å²) in [5, 5.41) is 6.08. The predicted molar refractivity (Wildman–Crippen MR) is 66.2 cm³/mol. The predicted octanol–water partition coefficient (Wildman–Crippen LogP) is 0.0854. The first-order chi connectivity index (χ1) is 8.72. The van der Waals surface area contributed by atoms with E-state index in [-0.39, 0.29) is 18.0 Å². The Morgan fingerprint density at radius 2 is 2.22 bits per heavy atom. The summed E-state index contributed by atoms with van der Waals surface area (Å²) in [7, 11) is 0. The molecule has 102 valence electrons. The zero-order valence-corrected chi connectivity index (χ0v) is 10.8. The number of piperazine rings is 1. The van der Waals surface area contributed by atoms with Crippen LogP contribution in [0.1, 0.15) is 26.2 Å². The second-order valence-corrected chi connectivity index (χ2v) is 4.74. The molecular weight excluding hydrogens is 234 g/mol. The summed E-state index contributed by atoms with van der Waals surface area (Å²) < 4.78 is 5.01. The van der Waals surface area contributed by atoms with Gasteiger partial charge in [0, 0.05) is 25.7 Å². The molecule has 6 heteroatoms. The van der Waals surface area contributed by atoms with Gasteiger partial charge in [-0.15, -0.1) is 0 Å². The summed E-state index contributed by atoms with van der Waals surface area (Å²) in [5.74, 6) is -0.326. The lowest BCUT2D eigenvalue weighted by molar-refractivity contribution is -0.148. The van der Waals surface area contributed by atoms with Gasteiger partial charge in [0.1, 0.15) is 6.04 Å². The van der Waals surface area contributed by atoms with E-state index in [9.17, 15) is 9.59 Å². The molecule has 0 bridgehead atoms. The summed E-state index contributed by atoms with van der Waals surface area (Å²) in [6, 6.07) is -0.353. The molecule has 0 aromatic carbocycles. The molecule has 0 spiro atoms. The van der Waals surface area contributed by atoms with Crippen molar-refractivity contribution >= 4 is 12.0 Å². The second kappa shape index (κ2) is 6.04. The lowest BCUT2D eigenvalue weighted by Gasteiger charge is -2.37. The van der Waals surface area contributed by atoms with Gasteiger partial charge in [0.05, 0.1) is 6.61 Å². The van der Waals surface area contributed by atoms with Crippen LogP contribution in [0.25, 0.3) is 0 Å².